The number of nitrogens with two attached hydrogens (primary N) is 1. The summed E-state index contributed by atoms with van der Waals surface area (Å²) in [7, 11) is 0. The van der Waals surface area contributed by atoms with Gasteiger partial charge in [0, 0.05) is 18.4 Å². The van der Waals surface area contributed by atoms with Crippen LogP contribution < -0.4 is 11.1 Å². The van der Waals surface area contributed by atoms with Gasteiger partial charge in [-0.2, -0.15) is 0 Å². The Kier molecular flexibility index (Phi) is 3.97. The molecule has 0 radical (unpaired) electrons. The summed E-state index contributed by atoms with van der Waals surface area (Å²) in [5.74, 6) is -0.169. The predicted octanol–water partition coefficient (Wildman–Crippen LogP) is 2.67. The molecule has 0 atom stereocenters. The Labute approximate surface area is 124 Å². The fourth-order valence-corrected chi connectivity index (χ4v) is 2.76. The molecule has 0 bridgehead atoms. The molecule has 0 unspecified atom stereocenters. The predicted molar refractivity (Wildman–Crippen MR) is 83.2 cm³/mol. The fraction of sp³-hybridized carbons (Fsp3) is 0.294. The second-order valence-electron chi connectivity index (χ2n) is 5.36. The van der Waals surface area contributed by atoms with E-state index in [9.17, 15) is 4.79 Å². The SMILES string of the molecule is NCc1ccc(C(=O)Nc2cccc3c2CCCC3)nc1. The van der Waals surface area contributed by atoms with Crippen molar-refractivity contribution in [1.82, 2.24) is 4.98 Å². The van der Waals surface area contributed by atoms with Gasteiger partial charge in [0.25, 0.3) is 5.91 Å². The first-order valence-electron chi connectivity index (χ1n) is 7.35. The summed E-state index contributed by atoms with van der Waals surface area (Å²) in [6.07, 6.45) is 6.19. The van der Waals surface area contributed by atoms with Gasteiger partial charge in [-0.25, -0.2) is 0 Å². The molecule has 0 spiro atoms. The van der Waals surface area contributed by atoms with Gasteiger partial charge >= 0.3 is 0 Å². The number of aryl methyl sites for hydroxylation is 1. The number of rotatable bonds is 3. The van der Waals surface area contributed by atoms with Crippen LogP contribution in [0.25, 0.3) is 0 Å². The largest absolute Gasteiger partial charge is 0.326 e. The highest BCUT2D eigenvalue weighted by Gasteiger charge is 2.15. The number of nitrogens with one attached hydrogen (secondary N) is 1. The molecule has 4 heteroatoms. The molecule has 0 aliphatic heterocycles. The summed E-state index contributed by atoms with van der Waals surface area (Å²) >= 11 is 0. The minimum absolute atomic E-state index is 0.169. The summed E-state index contributed by atoms with van der Waals surface area (Å²) in [6.45, 7) is 0.432. The lowest BCUT2D eigenvalue weighted by molar-refractivity contribution is 0.102. The number of anilines is 1. The van der Waals surface area contributed by atoms with Crippen LogP contribution in [-0.2, 0) is 19.4 Å². The molecule has 108 valence electrons. The molecule has 1 amide bonds. The Balaban J connectivity index is 1.81. The molecule has 2 aromatic rings. The number of hydrogen-bond donors (Lipinski definition) is 2. The van der Waals surface area contributed by atoms with E-state index < -0.39 is 0 Å². The Morgan fingerprint density at radius 1 is 1.19 bits per heavy atom. The van der Waals surface area contributed by atoms with Crippen LogP contribution in [0.1, 0.15) is 40.0 Å². The molecule has 4 nitrogen and oxygen atoms in total. The van der Waals surface area contributed by atoms with E-state index in [2.05, 4.69) is 16.4 Å². The molecule has 1 aliphatic rings. The molecule has 1 aromatic carbocycles. The third kappa shape index (κ3) is 2.95. The number of aromatic nitrogens is 1. The second kappa shape index (κ2) is 6.06. The maximum atomic E-state index is 12.3. The first-order chi connectivity index (χ1) is 10.3. The zero-order chi connectivity index (χ0) is 14.7. The normalized spacial score (nSPS) is 13.6. The van der Waals surface area contributed by atoms with Crippen LogP contribution in [0.2, 0.25) is 0 Å². The first kappa shape index (κ1) is 13.8. The highest BCUT2D eigenvalue weighted by atomic mass is 16.1. The van der Waals surface area contributed by atoms with Crippen LogP contribution in [-0.4, -0.2) is 10.9 Å². The zero-order valence-corrected chi connectivity index (χ0v) is 11.9. The molecule has 0 saturated heterocycles. The number of nitrogens with zero attached hydrogens (tertiary/aromatic N) is 1. The van der Waals surface area contributed by atoms with Gasteiger partial charge in [0.15, 0.2) is 0 Å². The average molecular weight is 281 g/mol. The molecule has 0 saturated carbocycles. The van der Waals surface area contributed by atoms with Crippen LogP contribution in [0.5, 0.6) is 0 Å². The second-order valence-corrected chi connectivity index (χ2v) is 5.36. The van der Waals surface area contributed by atoms with E-state index in [1.165, 1.54) is 24.0 Å². The third-order valence-electron chi connectivity index (χ3n) is 3.94. The van der Waals surface area contributed by atoms with Crippen molar-refractivity contribution in [3.8, 4) is 0 Å². The van der Waals surface area contributed by atoms with Crippen molar-refractivity contribution in [3.63, 3.8) is 0 Å². The number of benzene rings is 1. The Hall–Kier alpha value is -2.20. The van der Waals surface area contributed by atoms with Gasteiger partial charge < -0.3 is 11.1 Å². The molecule has 21 heavy (non-hydrogen) atoms. The van der Waals surface area contributed by atoms with Gasteiger partial charge in [0.2, 0.25) is 0 Å². The van der Waals surface area contributed by atoms with Crippen molar-refractivity contribution in [2.45, 2.75) is 32.2 Å². The monoisotopic (exact) mass is 281 g/mol. The molecule has 1 heterocycles. The molecular weight excluding hydrogens is 262 g/mol. The number of carbonyl (C=O) groups excluding carboxylic acids is 1. The zero-order valence-electron chi connectivity index (χ0n) is 11.9. The van der Waals surface area contributed by atoms with Crippen LogP contribution in [0.3, 0.4) is 0 Å². The quantitative estimate of drug-likeness (QED) is 0.909. The van der Waals surface area contributed by atoms with Gasteiger partial charge in [0.1, 0.15) is 5.69 Å². The van der Waals surface area contributed by atoms with Gasteiger partial charge in [-0.05, 0) is 54.5 Å². The molecule has 1 aromatic heterocycles. The Bertz CT molecular complexity index is 650. The minimum atomic E-state index is -0.169. The lowest BCUT2D eigenvalue weighted by Gasteiger charge is -2.19. The van der Waals surface area contributed by atoms with Gasteiger partial charge in [-0.15, -0.1) is 0 Å². The standard InChI is InChI=1S/C17H19N3O/c18-10-12-8-9-16(19-11-12)17(21)20-15-7-3-5-13-4-1-2-6-14(13)15/h3,5,7-9,11H,1-2,4,6,10,18H2,(H,20,21). The molecule has 3 rings (SSSR count). The van der Waals surface area contributed by atoms with E-state index in [1.807, 2.05) is 18.2 Å². The number of hydrogen-bond acceptors (Lipinski definition) is 3. The highest BCUT2D eigenvalue weighted by Crippen LogP contribution is 2.28. The van der Waals surface area contributed by atoms with Gasteiger partial charge in [0.05, 0.1) is 0 Å². The lowest BCUT2D eigenvalue weighted by Crippen LogP contribution is -2.16. The highest BCUT2D eigenvalue weighted by molar-refractivity contribution is 6.03. The van der Waals surface area contributed by atoms with Crippen molar-refractivity contribution in [2.24, 2.45) is 5.73 Å². The van der Waals surface area contributed by atoms with E-state index in [-0.39, 0.29) is 5.91 Å². The van der Waals surface area contributed by atoms with Crippen LogP contribution >= 0.6 is 0 Å². The van der Waals surface area contributed by atoms with E-state index in [4.69, 9.17) is 5.73 Å². The van der Waals surface area contributed by atoms with Crippen LogP contribution in [0, 0.1) is 0 Å². The van der Waals surface area contributed by atoms with E-state index >= 15 is 0 Å². The van der Waals surface area contributed by atoms with Crippen molar-refractivity contribution >= 4 is 11.6 Å². The third-order valence-corrected chi connectivity index (χ3v) is 3.94. The summed E-state index contributed by atoms with van der Waals surface area (Å²) < 4.78 is 0. The van der Waals surface area contributed by atoms with Gasteiger partial charge in [-0.1, -0.05) is 18.2 Å². The average Bonchev–Trinajstić information content (AvgIpc) is 2.55. The maximum Gasteiger partial charge on any atom is 0.274 e. The molecule has 0 fully saturated rings. The number of fused-ring (bicyclic) bond motifs is 1. The van der Waals surface area contributed by atoms with Crippen molar-refractivity contribution in [2.75, 3.05) is 5.32 Å². The summed E-state index contributed by atoms with van der Waals surface area (Å²) in [5.41, 5.74) is 10.4. The van der Waals surface area contributed by atoms with E-state index in [0.717, 1.165) is 24.1 Å². The molecule has 3 N–H and O–H groups in total. The number of pyridine rings is 1. The van der Waals surface area contributed by atoms with E-state index in [1.54, 1.807) is 12.3 Å². The van der Waals surface area contributed by atoms with Crippen molar-refractivity contribution in [1.29, 1.82) is 0 Å². The molecule has 1 aliphatic carbocycles. The minimum Gasteiger partial charge on any atom is -0.326 e. The maximum absolute atomic E-state index is 12.3. The first-order valence-corrected chi connectivity index (χ1v) is 7.35. The fourth-order valence-electron chi connectivity index (χ4n) is 2.76. The number of amides is 1. The Morgan fingerprint density at radius 3 is 2.81 bits per heavy atom. The van der Waals surface area contributed by atoms with Crippen molar-refractivity contribution < 1.29 is 4.79 Å². The van der Waals surface area contributed by atoms with Crippen molar-refractivity contribution in [3.05, 3.63) is 58.9 Å². The topological polar surface area (TPSA) is 68.0 Å². The Morgan fingerprint density at radius 2 is 2.05 bits per heavy atom. The smallest absolute Gasteiger partial charge is 0.274 e. The lowest BCUT2D eigenvalue weighted by atomic mass is 9.90. The number of carbonyl (C=O) groups is 1. The van der Waals surface area contributed by atoms with E-state index in [0.29, 0.717) is 12.2 Å². The van der Waals surface area contributed by atoms with Crippen LogP contribution in [0.15, 0.2) is 36.5 Å². The van der Waals surface area contributed by atoms with Gasteiger partial charge in [-0.3, -0.25) is 9.78 Å². The van der Waals surface area contributed by atoms with Crippen LogP contribution in [0.4, 0.5) is 5.69 Å². The summed E-state index contributed by atoms with van der Waals surface area (Å²) in [6, 6.07) is 9.68. The summed E-state index contributed by atoms with van der Waals surface area (Å²) in [5, 5.41) is 2.99. The molecular formula is C17H19N3O. The summed E-state index contributed by atoms with van der Waals surface area (Å²) in [4.78, 5) is 16.5.